The van der Waals surface area contributed by atoms with Crippen LogP contribution in [0, 0.1) is 11.8 Å². The maximum Gasteiger partial charge on any atom is 0.322 e. The molecule has 0 radical (unpaired) electrons. The van der Waals surface area contributed by atoms with Gasteiger partial charge in [-0.3, -0.25) is 9.69 Å². The molecule has 7 heteroatoms. The van der Waals surface area contributed by atoms with Gasteiger partial charge in [0, 0.05) is 19.2 Å². The second-order valence-corrected chi connectivity index (χ2v) is 8.62. The predicted octanol–water partition coefficient (Wildman–Crippen LogP) is 2.68. The minimum absolute atomic E-state index is 0.0520. The monoisotopic (exact) mass is 397 g/mol. The number of hydrogen-bond donors (Lipinski definition) is 1. The van der Waals surface area contributed by atoms with Crippen LogP contribution >= 0.6 is 0 Å². The SMILES string of the molecule is COc1cc(OC)cc(C2NC(=O)N(C)C3=C2C(=O)N(C2CC4CCC2C4)C3)c1. The third-order valence-corrected chi connectivity index (χ3v) is 7.20. The van der Waals surface area contributed by atoms with E-state index in [0.717, 1.165) is 23.6 Å². The molecular formula is C22H27N3O4. The summed E-state index contributed by atoms with van der Waals surface area (Å²) in [7, 11) is 4.92. The molecule has 2 fully saturated rings. The van der Waals surface area contributed by atoms with Gasteiger partial charge in [-0.2, -0.15) is 0 Å². The Labute approximate surface area is 170 Å². The Hall–Kier alpha value is -2.70. The smallest absolute Gasteiger partial charge is 0.322 e. The van der Waals surface area contributed by atoms with Gasteiger partial charge < -0.3 is 19.7 Å². The first kappa shape index (κ1) is 18.3. The topological polar surface area (TPSA) is 71.1 Å². The third kappa shape index (κ3) is 2.78. The van der Waals surface area contributed by atoms with Gasteiger partial charge in [0.15, 0.2) is 0 Å². The maximum atomic E-state index is 13.6. The molecule has 4 aliphatic rings. The lowest BCUT2D eigenvalue weighted by Gasteiger charge is -2.32. The average molecular weight is 397 g/mol. The van der Waals surface area contributed by atoms with Crippen molar-refractivity contribution in [3.05, 3.63) is 35.0 Å². The summed E-state index contributed by atoms with van der Waals surface area (Å²) in [4.78, 5) is 29.9. The van der Waals surface area contributed by atoms with Gasteiger partial charge in [0.25, 0.3) is 5.91 Å². The third-order valence-electron chi connectivity index (χ3n) is 7.20. The van der Waals surface area contributed by atoms with Gasteiger partial charge in [-0.05, 0) is 48.8 Å². The fourth-order valence-corrected chi connectivity index (χ4v) is 5.70. The minimum Gasteiger partial charge on any atom is -0.497 e. The first-order valence-electron chi connectivity index (χ1n) is 10.3. The minimum atomic E-state index is -0.506. The van der Waals surface area contributed by atoms with Gasteiger partial charge in [0.2, 0.25) is 0 Å². The van der Waals surface area contributed by atoms with E-state index in [-0.39, 0.29) is 11.9 Å². The van der Waals surface area contributed by atoms with Crippen LogP contribution in [0.2, 0.25) is 0 Å². The summed E-state index contributed by atoms with van der Waals surface area (Å²) in [6, 6.07) is 5.10. The van der Waals surface area contributed by atoms with Crippen molar-refractivity contribution in [3.63, 3.8) is 0 Å². The molecule has 0 saturated heterocycles. The van der Waals surface area contributed by atoms with Crippen molar-refractivity contribution >= 4 is 11.9 Å². The van der Waals surface area contributed by atoms with Crippen LogP contribution in [0.3, 0.4) is 0 Å². The Morgan fingerprint density at radius 1 is 1.03 bits per heavy atom. The van der Waals surface area contributed by atoms with E-state index >= 15 is 0 Å². The number of carbonyl (C=O) groups is 2. The van der Waals surface area contributed by atoms with Gasteiger partial charge in [-0.1, -0.05) is 6.42 Å². The number of nitrogens with zero attached hydrogens (tertiary/aromatic N) is 2. The number of rotatable bonds is 4. The van der Waals surface area contributed by atoms with Gasteiger partial charge in [0.1, 0.15) is 11.5 Å². The number of nitrogens with one attached hydrogen (secondary N) is 1. The fourth-order valence-electron chi connectivity index (χ4n) is 5.70. The molecule has 29 heavy (non-hydrogen) atoms. The van der Waals surface area contributed by atoms with E-state index in [1.165, 1.54) is 19.3 Å². The first-order chi connectivity index (χ1) is 14.0. The van der Waals surface area contributed by atoms with Crippen LogP contribution in [0.25, 0.3) is 0 Å². The number of carbonyl (C=O) groups excluding carboxylic acids is 2. The molecule has 2 saturated carbocycles. The lowest BCUT2D eigenvalue weighted by atomic mass is 9.93. The molecule has 2 bridgehead atoms. The van der Waals surface area contributed by atoms with Crippen molar-refractivity contribution in [2.24, 2.45) is 11.8 Å². The lowest BCUT2D eigenvalue weighted by Crippen LogP contribution is -2.45. The highest BCUT2D eigenvalue weighted by molar-refractivity contribution is 6.01. The number of amides is 3. The molecule has 0 aromatic heterocycles. The zero-order valence-electron chi connectivity index (χ0n) is 17.1. The van der Waals surface area contributed by atoms with E-state index in [4.69, 9.17) is 9.47 Å². The number of methoxy groups -OCH3 is 2. The zero-order chi connectivity index (χ0) is 20.3. The standard InChI is InChI=1S/C22H27N3O4/c1-24-18-11-25(17-7-12-4-5-13(17)6-12)21(26)19(18)20(23-22(24)27)14-8-15(28-2)10-16(9-14)29-3/h8-10,12-13,17,20H,4-7,11H2,1-3H3,(H,23,27). The zero-order valence-corrected chi connectivity index (χ0v) is 17.1. The molecule has 1 aromatic carbocycles. The molecule has 154 valence electrons. The van der Waals surface area contributed by atoms with Crippen molar-refractivity contribution < 1.29 is 19.1 Å². The van der Waals surface area contributed by atoms with Crippen LogP contribution in [-0.2, 0) is 4.79 Å². The van der Waals surface area contributed by atoms with Crippen LogP contribution < -0.4 is 14.8 Å². The maximum absolute atomic E-state index is 13.6. The van der Waals surface area contributed by atoms with E-state index in [1.54, 1.807) is 32.2 Å². The Kier molecular flexibility index (Phi) is 4.22. The Morgan fingerprint density at radius 2 is 1.76 bits per heavy atom. The number of benzene rings is 1. The van der Waals surface area contributed by atoms with Gasteiger partial charge in [-0.15, -0.1) is 0 Å². The average Bonchev–Trinajstić information content (AvgIpc) is 3.45. The molecule has 2 aliphatic carbocycles. The van der Waals surface area contributed by atoms with Crippen LogP contribution in [0.1, 0.15) is 37.3 Å². The number of fused-ring (bicyclic) bond motifs is 2. The van der Waals surface area contributed by atoms with Crippen LogP contribution in [0.5, 0.6) is 11.5 Å². The molecule has 4 unspecified atom stereocenters. The van der Waals surface area contributed by atoms with Crippen LogP contribution in [-0.4, -0.2) is 55.6 Å². The molecule has 3 amide bonds. The molecule has 5 rings (SSSR count). The number of hydrogen-bond acceptors (Lipinski definition) is 4. The summed E-state index contributed by atoms with van der Waals surface area (Å²) in [5.41, 5.74) is 2.27. The van der Waals surface area contributed by atoms with E-state index < -0.39 is 6.04 Å². The highest BCUT2D eigenvalue weighted by atomic mass is 16.5. The van der Waals surface area contributed by atoms with Crippen LogP contribution in [0.15, 0.2) is 29.5 Å². The summed E-state index contributed by atoms with van der Waals surface area (Å²) in [6.07, 6.45) is 4.85. The second-order valence-electron chi connectivity index (χ2n) is 8.62. The number of ether oxygens (including phenoxy) is 2. The normalized spacial score (nSPS) is 30.7. The largest absolute Gasteiger partial charge is 0.497 e. The Bertz CT molecular complexity index is 889. The molecule has 1 aromatic rings. The second kappa shape index (κ2) is 6.68. The number of urea groups is 1. The van der Waals surface area contributed by atoms with Gasteiger partial charge >= 0.3 is 6.03 Å². The van der Waals surface area contributed by atoms with Gasteiger partial charge in [0.05, 0.1) is 38.1 Å². The molecule has 2 heterocycles. The summed E-state index contributed by atoms with van der Waals surface area (Å²) < 4.78 is 10.8. The molecule has 2 aliphatic heterocycles. The first-order valence-corrected chi connectivity index (χ1v) is 10.3. The van der Waals surface area contributed by atoms with Gasteiger partial charge in [-0.25, -0.2) is 4.79 Å². The fraction of sp³-hybridized carbons (Fsp3) is 0.545. The van der Waals surface area contributed by atoms with Crippen molar-refractivity contribution in [1.29, 1.82) is 0 Å². The summed E-state index contributed by atoms with van der Waals surface area (Å²) in [5, 5.41) is 3.00. The predicted molar refractivity (Wildman–Crippen MR) is 107 cm³/mol. The van der Waals surface area contributed by atoms with E-state index in [2.05, 4.69) is 5.32 Å². The molecule has 7 nitrogen and oxygen atoms in total. The van der Waals surface area contributed by atoms with E-state index in [1.807, 2.05) is 17.0 Å². The Balaban J connectivity index is 1.52. The quantitative estimate of drug-likeness (QED) is 0.848. The van der Waals surface area contributed by atoms with E-state index in [9.17, 15) is 9.59 Å². The van der Waals surface area contributed by atoms with E-state index in [0.29, 0.717) is 35.6 Å². The summed E-state index contributed by atoms with van der Waals surface area (Å²) in [6.45, 7) is 0.517. The van der Waals surface area contributed by atoms with Crippen molar-refractivity contribution in [1.82, 2.24) is 15.1 Å². The Morgan fingerprint density at radius 3 is 2.34 bits per heavy atom. The highest BCUT2D eigenvalue weighted by Crippen LogP contribution is 2.49. The lowest BCUT2D eigenvalue weighted by molar-refractivity contribution is -0.128. The molecule has 4 atom stereocenters. The van der Waals surface area contributed by atoms with Crippen molar-refractivity contribution in [2.45, 2.75) is 37.8 Å². The summed E-state index contributed by atoms with van der Waals surface area (Å²) >= 11 is 0. The molecular weight excluding hydrogens is 370 g/mol. The molecule has 1 N–H and O–H groups in total. The van der Waals surface area contributed by atoms with Crippen molar-refractivity contribution in [2.75, 3.05) is 27.8 Å². The summed E-state index contributed by atoms with van der Waals surface area (Å²) in [5.74, 6) is 2.67. The number of likely N-dealkylation sites (N-methyl/N-ethyl adjacent to an activating group) is 1. The van der Waals surface area contributed by atoms with Crippen LogP contribution in [0.4, 0.5) is 4.79 Å². The van der Waals surface area contributed by atoms with Crippen molar-refractivity contribution in [3.8, 4) is 11.5 Å². The highest BCUT2D eigenvalue weighted by Gasteiger charge is 2.50. The molecule has 0 spiro atoms.